The lowest BCUT2D eigenvalue weighted by Gasteiger charge is -2.27. The molecule has 222 valence electrons. The van der Waals surface area contributed by atoms with Crippen LogP contribution in [0.3, 0.4) is 0 Å². The van der Waals surface area contributed by atoms with E-state index in [1.54, 1.807) is 32.9 Å². The SMILES string of the molecule is COC(=O)[C@H](CC1=COC=C(C2=CC=CCC2c2ccc(OCc3ccc(Cl)c(Cl)c3)cc2)O1)NC(=O)OC(C)(C)C. The largest absolute Gasteiger partial charge is 0.489 e. The van der Waals surface area contributed by atoms with Crippen molar-refractivity contribution in [1.29, 1.82) is 0 Å². The lowest BCUT2D eigenvalue weighted by Crippen LogP contribution is -2.44. The Bertz CT molecular complexity index is 1420. The van der Waals surface area contributed by atoms with Gasteiger partial charge in [-0.25, -0.2) is 9.59 Å². The molecule has 0 bridgehead atoms. The Labute approximate surface area is 255 Å². The van der Waals surface area contributed by atoms with Gasteiger partial charge in [0.15, 0.2) is 5.76 Å². The Morgan fingerprint density at radius 3 is 2.52 bits per heavy atom. The van der Waals surface area contributed by atoms with Crippen molar-refractivity contribution >= 4 is 35.3 Å². The highest BCUT2D eigenvalue weighted by Gasteiger charge is 2.30. The second-order valence-corrected chi connectivity index (χ2v) is 11.5. The van der Waals surface area contributed by atoms with Gasteiger partial charge in [0.25, 0.3) is 0 Å². The molecule has 4 rings (SSSR count). The van der Waals surface area contributed by atoms with Crippen molar-refractivity contribution in [2.24, 2.45) is 0 Å². The maximum atomic E-state index is 12.4. The van der Waals surface area contributed by atoms with Crippen LogP contribution >= 0.6 is 23.2 Å². The quantitative estimate of drug-likeness (QED) is 0.289. The van der Waals surface area contributed by atoms with Crippen LogP contribution in [0.25, 0.3) is 0 Å². The zero-order chi connectivity index (χ0) is 30.3. The molecule has 2 atom stereocenters. The highest BCUT2D eigenvalue weighted by molar-refractivity contribution is 6.42. The third kappa shape index (κ3) is 8.57. The third-order valence-corrected chi connectivity index (χ3v) is 7.05. The summed E-state index contributed by atoms with van der Waals surface area (Å²) in [6, 6.07) is 12.2. The van der Waals surface area contributed by atoms with Crippen LogP contribution in [0.4, 0.5) is 4.79 Å². The minimum atomic E-state index is -1.04. The number of methoxy groups -OCH3 is 1. The predicted molar refractivity (Wildman–Crippen MR) is 160 cm³/mol. The van der Waals surface area contributed by atoms with Gasteiger partial charge in [0, 0.05) is 17.9 Å². The fourth-order valence-electron chi connectivity index (χ4n) is 4.36. The number of ether oxygens (including phenoxy) is 5. The molecule has 2 aliphatic rings. The average Bonchev–Trinajstić information content (AvgIpc) is 2.96. The van der Waals surface area contributed by atoms with Crippen molar-refractivity contribution in [3.63, 3.8) is 0 Å². The lowest BCUT2D eigenvalue weighted by molar-refractivity contribution is -0.143. The first-order valence-electron chi connectivity index (χ1n) is 13.4. The van der Waals surface area contributed by atoms with Crippen LogP contribution in [0.15, 0.2) is 90.3 Å². The summed E-state index contributed by atoms with van der Waals surface area (Å²) in [6.45, 7) is 5.56. The van der Waals surface area contributed by atoms with Gasteiger partial charge in [-0.2, -0.15) is 0 Å². The Hall–Kier alpha value is -3.88. The molecule has 8 nitrogen and oxygen atoms in total. The first-order valence-corrected chi connectivity index (χ1v) is 14.1. The van der Waals surface area contributed by atoms with Gasteiger partial charge in [-0.1, -0.05) is 59.6 Å². The molecule has 1 aliphatic carbocycles. The number of carbonyl (C=O) groups is 2. The predicted octanol–water partition coefficient (Wildman–Crippen LogP) is 7.73. The number of halogens is 2. The summed E-state index contributed by atoms with van der Waals surface area (Å²) in [5.41, 5.74) is 2.15. The lowest BCUT2D eigenvalue weighted by atomic mass is 9.84. The first kappa shape index (κ1) is 31.1. The van der Waals surface area contributed by atoms with E-state index in [-0.39, 0.29) is 12.3 Å². The van der Waals surface area contributed by atoms with Gasteiger partial charge in [0.2, 0.25) is 0 Å². The van der Waals surface area contributed by atoms with E-state index >= 15 is 0 Å². The molecule has 2 aromatic carbocycles. The molecule has 0 spiro atoms. The summed E-state index contributed by atoms with van der Waals surface area (Å²) in [5.74, 6) is 0.918. The molecule has 0 radical (unpaired) electrons. The summed E-state index contributed by atoms with van der Waals surface area (Å²) in [5, 5.41) is 3.54. The van der Waals surface area contributed by atoms with Crippen molar-refractivity contribution in [3.8, 4) is 5.75 Å². The summed E-state index contributed by atoms with van der Waals surface area (Å²) < 4.78 is 27.9. The van der Waals surface area contributed by atoms with Crippen LogP contribution in [-0.4, -0.2) is 30.8 Å². The Morgan fingerprint density at radius 1 is 1.07 bits per heavy atom. The summed E-state index contributed by atoms with van der Waals surface area (Å²) in [6.07, 6.45) is 8.94. The number of allylic oxidation sites excluding steroid dienone is 4. The molecule has 1 unspecified atom stereocenters. The molecular formula is C32H33Cl2NO7. The van der Waals surface area contributed by atoms with Gasteiger partial charge >= 0.3 is 12.1 Å². The topological polar surface area (TPSA) is 92.3 Å². The van der Waals surface area contributed by atoms with E-state index in [2.05, 4.69) is 11.4 Å². The number of hydrogen-bond donors (Lipinski definition) is 1. The van der Waals surface area contributed by atoms with Gasteiger partial charge in [-0.15, -0.1) is 0 Å². The molecule has 0 aromatic heterocycles. The first-order chi connectivity index (χ1) is 20.0. The molecule has 2 aromatic rings. The standard InChI is InChI=1S/C32H33Cl2NO7/c1-32(2,3)42-31(37)35-28(30(36)38-4)16-23-18-39-19-29(41-23)25-8-6-5-7-24(25)21-10-12-22(13-11-21)40-17-20-9-14-26(33)27(34)15-20/h5-6,8-15,18-19,24,28H,7,16-17H2,1-4H3,(H,35,37)/t24?,28-/m0/s1. The monoisotopic (exact) mass is 613 g/mol. The van der Waals surface area contributed by atoms with Gasteiger partial charge < -0.3 is 29.0 Å². The van der Waals surface area contributed by atoms with Gasteiger partial charge in [-0.3, -0.25) is 0 Å². The van der Waals surface area contributed by atoms with E-state index in [1.807, 2.05) is 42.5 Å². The van der Waals surface area contributed by atoms with Crippen molar-refractivity contribution < 1.29 is 33.3 Å². The molecule has 1 heterocycles. The number of carbonyl (C=O) groups excluding carboxylic acids is 2. The number of alkyl carbamates (subject to hydrolysis) is 1. The minimum Gasteiger partial charge on any atom is -0.489 e. The number of benzene rings is 2. The number of hydrogen-bond acceptors (Lipinski definition) is 7. The molecule has 42 heavy (non-hydrogen) atoms. The molecule has 1 amide bonds. The van der Waals surface area contributed by atoms with Crippen LogP contribution in [0.1, 0.15) is 50.7 Å². The summed E-state index contributed by atoms with van der Waals surface area (Å²) in [4.78, 5) is 24.7. The van der Waals surface area contributed by atoms with Crippen LogP contribution in [0.2, 0.25) is 10.0 Å². The fraction of sp³-hybridized carbons (Fsp3) is 0.312. The third-order valence-electron chi connectivity index (χ3n) is 6.31. The average molecular weight is 615 g/mol. The Morgan fingerprint density at radius 2 is 1.83 bits per heavy atom. The van der Waals surface area contributed by atoms with Crippen molar-refractivity contribution in [2.75, 3.05) is 7.11 Å². The highest BCUT2D eigenvalue weighted by atomic mass is 35.5. The van der Waals surface area contributed by atoms with E-state index in [0.29, 0.717) is 28.2 Å². The molecule has 0 saturated carbocycles. The molecule has 1 N–H and O–H groups in total. The number of nitrogens with one attached hydrogen (secondary N) is 1. The molecule has 0 saturated heterocycles. The minimum absolute atomic E-state index is 0.00189. The summed E-state index contributed by atoms with van der Waals surface area (Å²) in [7, 11) is 1.25. The van der Waals surface area contributed by atoms with Gasteiger partial charge in [0.05, 0.1) is 17.2 Å². The zero-order valence-corrected chi connectivity index (χ0v) is 25.3. The van der Waals surface area contributed by atoms with E-state index < -0.39 is 23.7 Å². The second-order valence-electron chi connectivity index (χ2n) is 10.7. The van der Waals surface area contributed by atoms with Crippen molar-refractivity contribution in [1.82, 2.24) is 5.32 Å². The molecular weight excluding hydrogens is 581 g/mol. The van der Waals surface area contributed by atoms with E-state index in [0.717, 1.165) is 28.9 Å². The fourth-order valence-corrected chi connectivity index (χ4v) is 4.68. The molecule has 0 fully saturated rings. The Balaban J connectivity index is 1.41. The second kappa shape index (κ2) is 13.9. The maximum absolute atomic E-state index is 12.4. The van der Waals surface area contributed by atoms with Crippen LogP contribution in [-0.2, 0) is 30.3 Å². The highest BCUT2D eigenvalue weighted by Crippen LogP contribution is 2.38. The van der Waals surface area contributed by atoms with E-state index in [4.69, 9.17) is 46.9 Å². The van der Waals surface area contributed by atoms with Crippen LogP contribution < -0.4 is 10.1 Å². The maximum Gasteiger partial charge on any atom is 0.408 e. The number of rotatable bonds is 9. The van der Waals surface area contributed by atoms with Gasteiger partial charge in [-0.05, 0) is 62.6 Å². The number of esters is 1. The molecule has 1 aliphatic heterocycles. The van der Waals surface area contributed by atoms with Gasteiger partial charge in [0.1, 0.15) is 42.3 Å². The zero-order valence-electron chi connectivity index (χ0n) is 23.8. The van der Waals surface area contributed by atoms with Crippen molar-refractivity contribution in [2.45, 2.75) is 57.8 Å². The number of amides is 1. The summed E-state index contributed by atoms with van der Waals surface area (Å²) >= 11 is 12.1. The van der Waals surface area contributed by atoms with Crippen LogP contribution in [0.5, 0.6) is 5.75 Å². The normalized spacial score (nSPS) is 17.0. The van der Waals surface area contributed by atoms with E-state index in [9.17, 15) is 9.59 Å². The van der Waals surface area contributed by atoms with E-state index in [1.165, 1.54) is 19.6 Å². The molecule has 10 heteroatoms. The van der Waals surface area contributed by atoms with Crippen molar-refractivity contribution in [3.05, 3.63) is 111 Å². The van der Waals surface area contributed by atoms with Crippen LogP contribution in [0, 0.1) is 0 Å². The smallest absolute Gasteiger partial charge is 0.408 e. The Kier molecular flexibility index (Phi) is 10.2.